The molecule has 0 heterocycles. The van der Waals surface area contributed by atoms with Crippen LogP contribution in [-0.4, -0.2) is 23.7 Å². The molecule has 0 aromatic rings. The molecule has 1 fully saturated rings. The zero-order chi connectivity index (χ0) is 14.8. The van der Waals surface area contributed by atoms with E-state index >= 15 is 0 Å². The van der Waals surface area contributed by atoms with E-state index in [4.69, 9.17) is 9.84 Å². The van der Waals surface area contributed by atoms with E-state index in [-0.39, 0.29) is 5.97 Å². The summed E-state index contributed by atoms with van der Waals surface area (Å²) in [5.74, 6) is -2.17. The molecule has 2 unspecified atom stereocenters. The van der Waals surface area contributed by atoms with Crippen LogP contribution in [0.2, 0.25) is 0 Å². The van der Waals surface area contributed by atoms with E-state index in [1.165, 1.54) is 0 Å². The number of carbonyl (C=O) groups excluding carboxylic acids is 1. The Morgan fingerprint density at radius 1 is 1.15 bits per heavy atom. The summed E-state index contributed by atoms with van der Waals surface area (Å²) in [6, 6.07) is 0. The molecule has 0 radical (unpaired) electrons. The summed E-state index contributed by atoms with van der Waals surface area (Å²) in [5, 5.41) is 9.14. The quantitative estimate of drug-likeness (QED) is 0.420. The third kappa shape index (κ3) is 5.76. The van der Waals surface area contributed by atoms with E-state index in [1.807, 2.05) is 13.0 Å². The molecule has 0 amide bonds. The monoisotopic (exact) mass is 282 g/mol. The van der Waals surface area contributed by atoms with E-state index in [1.54, 1.807) is 0 Å². The Balaban J connectivity index is 2.22. The van der Waals surface area contributed by atoms with Gasteiger partial charge in [-0.2, -0.15) is 0 Å². The highest BCUT2D eigenvalue weighted by Gasteiger charge is 2.36. The fourth-order valence-electron chi connectivity index (χ4n) is 2.70. The van der Waals surface area contributed by atoms with Crippen LogP contribution in [0, 0.1) is 11.8 Å². The maximum absolute atomic E-state index is 12.0. The number of ether oxygens (including phenoxy) is 1. The average Bonchev–Trinajstić information content (AvgIpc) is 2.46. The second-order valence-electron chi connectivity index (χ2n) is 5.42. The molecule has 1 N–H and O–H groups in total. The minimum atomic E-state index is -0.863. The minimum Gasteiger partial charge on any atom is -0.481 e. The number of hydrogen-bond donors (Lipinski definition) is 1. The van der Waals surface area contributed by atoms with Gasteiger partial charge in [0.15, 0.2) is 0 Å². The van der Waals surface area contributed by atoms with Gasteiger partial charge >= 0.3 is 11.9 Å². The third-order valence-electron chi connectivity index (χ3n) is 3.88. The molecule has 0 aromatic carbocycles. The first-order chi connectivity index (χ1) is 9.66. The van der Waals surface area contributed by atoms with E-state index in [0.717, 1.165) is 38.5 Å². The van der Waals surface area contributed by atoms with Crippen molar-refractivity contribution in [2.75, 3.05) is 6.61 Å². The predicted molar refractivity (Wildman–Crippen MR) is 77.3 cm³/mol. The molecule has 1 saturated carbocycles. The number of carboxylic acid groups (broad SMARTS) is 1. The second-order valence-corrected chi connectivity index (χ2v) is 5.42. The molecule has 20 heavy (non-hydrogen) atoms. The van der Waals surface area contributed by atoms with Gasteiger partial charge in [-0.1, -0.05) is 25.0 Å². The van der Waals surface area contributed by atoms with Gasteiger partial charge < -0.3 is 9.84 Å². The van der Waals surface area contributed by atoms with Crippen LogP contribution >= 0.6 is 0 Å². The summed E-state index contributed by atoms with van der Waals surface area (Å²) < 4.78 is 5.25. The second kappa shape index (κ2) is 9.56. The van der Waals surface area contributed by atoms with Crippen LogP contribution in [-0.2, 0) is 14.3 Å². The van der Waals surface area contributed by atoms with Gasteiger partial charge in [-0.15, -0.1) is 0 Å². The lowest BCUT2D eigenvalue weighted by molar-refractivity contribution is -0.159. The lowest BCUT2D eigenvalue weighted by atomic mass is 9.79. The van der Waals surface area contributed by atoms with Crippen LogP contribution in [0.3, 0.4) is 0 Å². The summed E-state index contributed by atoms with van der Waals surface area (Å²) in [7, 11) is 0. The van der Waals surface area contributed by atoms with Gasteiger partial charge in [-0.3, -0.25) is 9.59 Å². The van der Waals surface area contributed by atoms with Gasteiger partial charge in [0.1, 0.15) is 0 Å². The molecule has 0 saturated heterocycles. The number of esters is 1. The van der Waals surface area contributed by atoms with Gasteiger partial charge in [-0.05, 0) is 45.4 Å². The third-order valence-corrected chi connectivity index (χ3v) is 3.88. The van der Waals surface area contributed by atoms with E-state index < -0.39 is 17.8 Å². The van der Waals surface area contributed by atoms with Crippen molar-refractivity contribution in [2.45, 2.75) is 58.3 Å². The summed E-state index contributed by atoms with van der Waals surface area (Å²) >= 11 is 0. The van der Waals surface area contributed by atoms with Crippen molar-refractivity contribution in [2.24, 2.45) is 11.8 Å². The van der Waals surface area contributed by atoms with Crippen LogP contribution in [0.1, 0.15) is 58.3 Å². The largest absolute Gasteiger partial charge is 0.481 e. The van der Waals surface area contributed by atoms with E-state index in [2.05, 4.69) is 6.08 Å². The molecular formula is C16H26O4. The standard InChI is InChI=1S/C16H26O4/c1-2-3-4-5-6-9-12-20-16(19)14-11-8-7-10-13(14)15(17)18/h2-3,13-14H,4-12H2,1H3,(H,17,18)/b3-2+. The normalized spacial score (nSPS) is 22.9. The first-order valence-electron chi connectivity index (χ1n) is 7.67. The zero-order valence-electron chi connectivity index (χ0n) is 12.3. The molecular weight excluding hydrogens is 256 g/mol. The van der Waals surface area contributed by atoms with Crippen molar-refractivity contribution < 1.29 is 19.4 Å². The number of rotatable bonds is 8. The summed E-state index contributed by atoms with van der Waals surface area (Å²) in [5.41, 5.74) is 0. The molecule has 1 aliphatic carbocycles. The topological polar surface area (TPSA) is 63.6 Å². The van der Waals surface area contributed by atoms with Crippen LogP contribution in [0.25, 0.3) is 0 Å². The van der Waals surface area contributed by atoms with Crippen molar-refractivity contribution in [3.63, 3.8) is 0 Å². The van der Waals surface area contributed by atoms with Gasteiger partial charge in [0.05, 0.1) is 18.4 Å². The highest BCUT2D eigenvalue weighted by atomic mass is 16.5. The molecule has 4 nitrogen and oxygen atoms in total. The number of unbranched alkanes of at least 4 members (excludes halogenated alkanes) is 3. The Morgan fingerprint density at radius 2 is 1.85 bits per heavy atom. The lowest BCUT2D eigenvalue weighted by Gasteiger charge is -2.26. The first-order valence-corrected chi connectivity index (χ1v) is 7.67. The minimum absolute atomic E-state index is 0.314. The van der Waals surface area contributed by atoms with Crippen molar-refractivity contribution in [3.05, 3.63) is 12.2 Å². The van der Waals surface area contributed by atoms with Crippen molar-refractivity contribution in [1.82, 2.24) is 0 Å². The fourth-order valence-corrected chi connectivity index (χ4v) is 2.70. The van der Waals surface area contributed by atoms with Gasteiger partial charge in [0.25, 0.3) is 0 Å². The Hall–Kier alpha value is -1.32. The molecule has 0 aromatic heterocycles. The van der Waals surface area contributed by atoms with Crippen molar-refractivity contribution >= 4 is 11.9 Å². The fraction of sp³-hybridized carbons (Fsp3) is 0.750. The van der Waals surface area contributed by atoms with Crippen LogP contribution in [0.4, 0.5) is 0 Å². The molecule has 0 bridgehead atoms. The van der Waals surface area contributed by atoms with Crippen LogP contribution in [0.5, 0.6) is 0 Å². The molecule has 2 atom stereocenters. The molecule has 4 heteroatoms. The van der Waals surface area contributed by atoms with E-state index in [0.29, 0.717) is 19.4 Å². The van der Waals surface area contributed by atoms with Crippen LogP contribution in [0.15, 0.2) is 12.2 Å². The van der Waals surface area contributed by atoms with E-state index in [9.17, 15) is 9.59 Å². The predicted octanol–water partition coefficient (Wildman–Crippen LogP) is 3.56. The number of hydrogen-bond acceptors (Lipinski definition) is 3. The maximum Gasteiger partial charge on any atom is 0.309 e. The smallest absolute Gasteiger partial charge is 0.309 e. The van der Waals surface area contributed by atoms with Crippen molar-refractivity contribution in [3.8, 4) is 0 Å². The lowest BCUT2D eigenvalue weighted by Crippen LogP contribution is -2.33. The van der Waals surface area contributed by atoms with Crippen LogP contribution < -0.4 is 0 Å². The van der Waals surface area contributed by atoms with Crippen molar-refractivity contribution in [1.29, 1.82) is 0 Å². The molecule has 1 rings (SSSR count). The van der Waals surface area contributed by atoms with Gasteiger partial charge in [0.2, 0.25) is 0 Å². The average molecular weight is 282 g/mol. The molecule has 0 aliphatic heterocycles. The Morgan fingerprint density at radius 3 is 2.50 bits per heavy atom. The highest BCUT2D eigenvalue weighted by molar-refractivity contribution is 5.81. The first kappa shape index (κ1) is 16.7. The Bertz CT molecular complexity index is 335. The molecule has 1 aliphatic rings. The number of carboxylic acids is 1. The summed E-state index contributed by atoms with van der Waals surface area (Å²) in [6.07, 6.45) is 11.3. The summed E-state index contributed by atoms with van der Waals surface area (Å²) in [4.78, 5) is 23.1. The molecule has 0 spiro atoms. The highest BCUT2D eigenvalue weighted by Crippen LogP contribution is 2.31. The summed E-state index contributed by atoms with van der Waals surface area (Å²) in [6.45, 7) is 2.42. The number of carbonyl (C=O) groups is 2. The zero-order valence-corrected chi connectivity index (χ0v) is 12.3. The SMILES string of the molecule is C/C=C/CCCCCOC(=O)C1CCCCC1C(=O)O. The Labute approximate surface area is 121 Å². The maximum atomic E-state index is 12.0. The molecule has 114 valence electrons. The number of allylic oxidation sites excluding steroid dienone is 2. The Kier molecular flexibility index (Phi) is 8.00. The van der Waals surface area contributed by atoms with Gasteiger partial charge in [-0.25, -0.2) is 0 Å². The number of aliphatic carboxylic acids is 1. The van der Waals surface area contributed by atoms with Gasteiger partial charge in [0, 0.05) is 0 Å².